The van der Waals surface area contributed by atoms with Crippen molar-refractivity contribution in [2.45, 2.75) is 10.8 Å². The van der Waals surface area contributed by atoms with Gasteiger partial charge in [-0.1, -0.05) is 176 Å². The second kappa shape index (κ2) is 11.3. The average Bonchev–Trinajstić information content (AvgIpc) is 3.72. The van der Waals surface area contributed by atoms with Crippen molar-refractivity contribution in [3.05, 3.63) is 251 Å². The van der Waals surface area contributed by atoms with E-state index in [9.17, 15) is 0 Å². The summed E-state index contributed by atoms with van der Waals surface area (Å²) in [4.78, 5) is 0. The van der Waals surface area contributed by atoms with E-state index in [0.29, 0.717) is 0 Å². The Kier molecular flexibility index (Phi) is 6.25. The molecule has 1 aliphatic heterocycles. The molecule has 9 aromatic rings. The van der Waals surface area contributed by atoms with Crippen LogP contribution in [-0.4, -0.2) is 0 Å². The van der Waals surface area contributed by atoms with Crippen LogP contribution in [0, 0.1) is 0 Å². The molecule has 0 radical (unpaired) electrons. The molecule has 0 fully saturated rings. The van der Waals surface area contributed by atoms with Gasteiger partial charge in [0, 0.05) is 11.1 Å². The third-order valence-electron chi connectivity index (χ3n) is 12.6. The second-order valence-corrected chi connectivity index (χ2v) is 15.1. The van der Waals surface area contributed by atoms with Gasteiger partial charge in [-0.3, -0.25) is 0 Å². The van der Waals surface area contributed by atoms with Crippen molar-refractivity contribution >= 4 is 10.8 Å². The highest BCUT2D eigenvalue weighted by molar-refractivity contribution is 6.02. The highest BCUT2D eigenvalue weighted by Gasteiger charge is 2.52. The van der Waals surface area contributed by atoms with Gasteiger partial charge in [0.1, 0.15) is 11.5 Å². The number of hydrogen-bond donors (Lipinski definition) is 0. The predicted molar refractivity (Wildman–Crippen MR) is 224 cm³/mol. The maximum absolute atomic E-state index is 6.80. The number of benzene rings is 9. The van der Waals surface area contributed by atoms with E-state index in [1.54, 1.807) is 0 Å². The number of hydrogen-bond acceptors (Lipinski definition) is 1. The van der Waals surface area contributed by atoms with Gasteiger partial charge in [-0.15, -0.1) is 0 Å². The summed E-state index contributed by atoms with van der Waals surface area (Å²) < 4.78 is 6.80. The van der Waals surface area contributed by atoms with E-state index in [2.05, 4.69) is 206 Å². The fourth-order valence-electron chi connectivity index (χ4n) is 10.5. The monoisotopic (exact) mass is 698 g/mol. The molecule has 1 spiro atoms. The molecular weight excluding hydrogens is 665 g/mol. The molecule has 1 unspecified atom stereocenters. The van der Waals surface area contributed by atoms with Crippen LogP contribution in [0.2, 0.25) is 0 Å². The van der Waals surface area contributed by atoms with Gasteiger partial charge < -0.3 is 4.74 Å². The maximum atomic E-state index is 6.80. The summed E-state index contributed by atoms with van der Waals surface area (Å²) in [6.07, 6.45) is 0. The summed E-state index contributed by atoms with van der Waals surface area (Å²) >= 11 is 0. The molecule has 1 heterocycles. The Balaban J connectivity index is 1.16. The highest BCUT2D eigenvalue weighted by atomic mass is 16.5. The first-order chi connectivity index (χ1) is 27.3. The second-order valence-electron chi connectivity index (χ2n) is 15.1. The van der Waals surface area contributed by atoms with Crippen LogP contribution in [0.5, 0.6) is 11.5 Å². The van der Waals surface area contributed by atoms with Crippen LogP contribution in [0.3, 0.4) is 0 Å². The van der Waals surface area contributed by atoms with E-state index in [4.69, 9.17) is 4.74 Å². The molecule has 0 N–H and O–H groups in total. The van der Waals surface area contributed by atoms with Gasteiger partial charge in [0.05, 0.1) is 10.8 Å². The number of fused-ring (bicyclic) bond motifs is 13. The van der Waals surface area contributed by atoms with Crippen molar-refractivity contribution in [3.8, 4) is 44.9 Å². The van der Waals surface area contributed by atoms with E-state index in [-0.39, 0.29) is 0 Å². The Bertz CT molecular complexity index is 2970. The zero-order chi connectivity index (χ0) is 36.1. The van der Waals surface area contributed by atoms with Crippen LogP contribution < -0.4 is 4.74 Å². The summed E-state index contributed by atoms with van der Waals surface area (Å²) in [6, 6.07) is 76.2. The third-order valence-corrected chi connectivity index (χ3v) is 12.6. The molecule has 1 atom stereocenters. The lowest BCUT2D eigenvalue weighted by Gasteiger charge is -2.41. The SMILES string of the molecule is c1ccc(C2(c3ccccc3)c3ccccc3Oc3ccc(-c4cccc5c4-c4ccccc4C54c5ccccc5-c5cc6ccccc6cc54)cc32)cc1. The molecular formula is C54H34O. The molecule has 0 aromatic heterocycles. The zero-order valence-corrected chi connectivity index (χ0v) is 30.0. The summed E-state index contributed by atoms with van der Waals surface area (Å²) in [5, 5.41) is 2.54. The minimum Gasteiger partial charge on any atom is -0.457 e. The van der Waals surface area contributed by atoms with Crippen molar-refractivity contribution in [2.75, 3.05) is 0 Å². The Hall–Kier alpha value is -6.96. The van der Waals surface area contributed by atoms with Crippen molar-refractivity contribution in [2.24, 2.45) is 0 Å². The molecule has 9 aromatic carbocycles. The molecule has 0 amide bonds. The summed E-state index contributed by atoms with van der Waals surface area (Å²) in [6.45, 7) is 0. The molecule has 0 saturated carbocycles. The standard InChI is InChI=1S/C54H34O/c1-3-18-38(19-4-1)53(39-20-5-2-6-21-39)46-27-13-14-29-50(46)55-51-31-30-37(34-49(51)53)40-24-15-28-47-52(40)42-23-10-12-26-45(42)54(47)44-25-11-9-22-41(44)43-32-35-16-7-8-17-36(35)33-48(43)54/h1-34H. The summed E-state index contributed by atoms with van der Waals surface area (Å²) in [7, 11) is 0. The smallest absolute Gasteiger partial charge is 0.132 e. The Morgan fingerprint density at radius 1 is 0.291 bits per heavy atom. The van der Waals surface area contributed by atoms with E-state index in [1.165, 1.54) is 77.5 Å². The zero-order valence-electron chi connectivity index (χ0n) is 30.0. The molecule has 55 heavy (non-hydrogen) atoms. The number of para-hydroxylation sites is 1. The Morgan fingerprint density at radius 2 is 0.836 bits per heavy atom. The maximum Gasteiger partial charge on any atom is 0.132 e. The first-order valence-corrected chi connectivity index (χ1v) is 19.2. The fraction of sp³-hybridized carbons (Fsp3) is 0.0370. The average molecular weight is 699 g/mol. The Morgan fingerprint density at radius 3 is 1.58 bits per heavy atom. The first-order valence-electron chi connectivity index (χ1n) is 19.2. The topological polar surface area (TPSA) is 9.23 Å². The van der Waals surface area contributed by atoms with Crippen LogP contribution in [0.4, 0.5) is 0 Å². The molecule has 3 aliphatic rings. The molecule has 256 valence electrons. The number of rotatable bonds is 3. The fourth-order valence-corrected chi connectivity index (χ4v) is 10.5. The van der Waals surface area contributed by atoms with Crippen LogP contribution in [-0.2, 0) is 10.8 Å². The summed E-state index contributed by atoms with van der Waals surface area (Å²) in [5.41, 5.74) is 16.7. The molecule has 1 nitrogen and oxygen atoms in total. The lowest BCUT2D eigenvalue weighted by atomic mass is 9.63. The van der Waals surface area contributed by atoms with Crippen molar-refractivity contribution in [1.82, 2.24) is 0 Å². The van der Waals surface area contributed by atoms with E-state index in [0.717, 1.165) is 22.6 Å². The van der Waals surface area contributed by atoms with Gasteiger partial charge in [0.25, 0.3) is 0 Å². The van der Waals surface area contributed by atoms with E-state index < -0.39 is 10.8 Å². The number of ether oxygens (including phenoxy) is 1. The Labute approximate surface area is 320 Å². The van der Waals surface area contributed by atoms with Crippen LogP contribution in [0.1, 0.15) is 44.5 Å². The lowest BCUT2D eigenvalue weighted by molar-refractivity contribution is 0.434. The van der Waals surface area contributed by atoms with Gasteiger partial charge in [-0.25, -0.2) is 0 Å². The van der Waals surface area contributed by atoms with Crippen molar-refractivity contribution in [3.63, 3.8) is 0 Å². The third kappa shape index (κ3) is 3.92. The minimum absolute atomic E-state index is 0.439. The molecule has 12 rings (SSSR count). The lowest BCUT2D eigenvalue weighted by Crippen LogP contribution is -2.34. The van der Waals surface area contributed by atoms with Gasteiger partial charge >= 0.3 is 0 Å². The minimum atomic E-state index is -0.593. The normalized spacial score (nSPS) is 16.4. The van der Waals surface area contributed by atoms with E-state index >= 15 is 0 Å². The van der Waals surface area contributed by atoms with Crippen LogP contribution in [0.25, 0.3) is 44.2 Å². The molecule has 1 heteroatoms. The first kappa shape index (κ1) is 30.5. The largest absolute Gasteiger partial charge is 0.457 e. The molecule has 0 bridgehead atoms. The van der Waals surface area contributed by atoms with Crippen LogP contribution in [0.15, 0.2) is 206 Å². The van der Waals surface area contributed by atoms with Crippen molar-refractivity contribution < 1.29 is 4.74 Å². The molecule has 0 saturated heterocycles. The van der Waals surface area contributed by atoms with Crippen LogP contribution >= 0.6 is 0 Å². The van der Waals surface area contributed by atoms with Gasteiger partial charge in [0.2, 0.25) is 0 Å². The quantitative estimate of drug-likeness (QED) is 0.178. The highest BCUT2D eigenvalue weighted by Crippen LogP contribution is 2.65. The van der Waals surface area contributed by atoms with Crippen molar-refractivity contribution in [1.29, 1.82) is 0 Å². The molecule has 2 aliphatic carbocycles. The summed E-state index contributed by atoms with van der Waals surface area (Å²) in [5.74, 6) is 1.77. The predicted octanol–water partition coefficient (Wildman–Crippen LogP) is 13.3. The van der Waals surface area contributed by atoms with Gasteiger partial charge in [-0.2, -0.15) is 0 Å². The van der Waals surface area contributed by atoms with Gasteiger partial charge in [-0.05, 0) is 108 Å². The van der Waals surface area contributed by atoms with E-state index in [1.807, 2.05) is 0 Å². The van der Waals surface area contributed by atoms with Gasteiger partial charge in [0.15, 0.2) is 0 Å².